The van der Waals surface area contributed by atoms with Crippen LogP contribution in [0.15, 0.2) is 0 Å². The van der Waals surface area contributed by atoms with Gasteiger partial charge in [0.25, 0.3) is 0 Å². The number of nitrogens with zero attached hydrogens (tertiary/aromatic N) is 1. The lowest BCUT2D eigenvalue weighted by atomic mass is 10.1. The fourth-order valence-corrected chi connectivity index (χ4v) is 1.79. The van der Waals surface area contributed by atoms with E-state index in [-0.39, 0.29) is 6.61 Å². The lowest BCUT2D eigenvalue weighted by molar-refractivity contribution is 0.149. The van der Waals surface area contributed by atoms with Crippen LogP contribution in [0.1, 0.15) is 19.3 Å². The van der Waals surface area contributed by atoms with Crippen LogP contribution in [0, 0.1) is 0 Å². The highest BCUT2D eigenvalue weighted by molar-refractivity contribution is 7.46. The second kappa shape index (κ2) is 5.08. The van der Waals surface area contributed by atoms with E-state index in [4.69, 9.17) is 9.79 Å². The van der Waals surface area contributed by atoms with Crippen molar-refractivity contribution in [1.82, 2.24) is 4.90 Å². The summed E-state index contributed by atoms with van der Waals surface area (Å²) in [6.07, 6.45) is 3.61. The molecule has 13 heavy (non-hydrogen) atoms. The van der Waals surface area contributed by atoms with E-state index in [1.165, 1.54) is 19.3 Å². The Morgan fingerprint density at radius 1 is 1.23 bits per heavy atom. The lowest BCUT2D eigenvalue weighted by Crippen LogP contribution is -2.32. The molecule has 1 heterocycles. The predicted molar refractivity (Wildman–Crippen MR) is 48.3 cm³/mol. The van der Waals surface area contributed by atoms with E-state index in [2.05, 4.69) is 9.42 Å². The molecular weight excluding hydrogens is 193 g/mol. The first-order valence-electron chi connectivity index (χ1n) is 4.50. The van der Waals surface area contributed by atoms with Crippen LogP contribution in [0.4, 0.5) is 0 Å². The van der Waals surface area contributed by atoms with Gasteiger partial charge in [0.05, 0.1) is 6.61 Å². The first-order chi connectivity index (χ1) is 6.08. The topological polar surface area (TPSA) is 70.0 Å². The number of phosphoric ester groups is 1. The van der Waals surface area contributed by atoms with Gasteiger partial charge in [-0.15, -0.1) is 0 Å². The molecule has 0 unspecified atom stereocenters. The van der Waals surface area contributed by atoms with E-state index in [1.807, 2.05) is 0 Å². The molecule has 1 rings (SSSR count). The van der Waals surface area contributed by atoms with Crippen LogP contribution in [-0.4, -0.2) is 40.9 Å². The van der Waals surface area contributed by atoms with E-state index >= 15 is 0 Å². The zero-order valence-electron chi connectivity index (χ0n) is 7.56. The number of hydrogen-bond donors (Lipinski definition) is 2. The van der Waals surface area contributed by atoms with Gasteiger partial charge in [-0.1, -0.05) is 6.42 Å². The Morgan fingerprint density at radius 3 is 2.38 bits per heavy atom. The van der Waals surface area contributed by atoms with Crippen molar-refractivity contribution < 1.29 is 18.9 Å². The fourth-order valence-electron chi connectivity index (χ4n) is 1.47. The minimum absolute atomic E-state index is 0.115. The summed E-state index contributed by atoms with van der Waals surface area (Å²) < 4.78 is 14.7. The van der Waals surface area contributed by atoms with Crippen molar-refractivity contribution in [3.8, 4) is 0 Å². The summed E-state index contributed by atoms with van der Waals surface area (Å²) in [4.78, 5) is 19.0. The molecule has 5 nitrogen and oxygen atoms in total. The van der Waals surface area contributed by atoms with Gasteiger partial charge in [0, 0.05) is 6.54 Å². The summed E-state index contributed by atoms with van der Waals surface area (Å²) in [6, 6.07) is 0. The molecule has 0 aliphatic carbocycles. The second-order valence-corrected chi connectivity index (χ2v) is 4.47. The number of rotatable bonds is 4. The smallest absolute Gasteiger partial charge is 0.303 e. The molecule has 0 aromatic carbocycles. The molecule has 1 saturated heterocycles. The predicted octanol–water partition coefficient (Wildman–Crippen LogP) is 0.582. The average molecular weight is 209 g/mol. The van der Waals surface area contributed by atoms with Crippen molar-refractivity contribution in [2.45, 2.75) is 19.3 Å². The van der Waals surface area contributed by atoms with E-state index in [0.717, 1.165) is 13.1 Å². The van der Waals surface area contributed by atoms with Crippen LogP contribution < -0.4 is 0 Å². The Hall–Kier alpha value is 0.0700. The fraction of sp³-hybridized carbons (Fsp3) is 1.00. The molecule has 0 aromatic rings. The minimum atomic E-state index is -4.26. The average Bonchev–Trinajstić information content (AvgIpc) is 2.04. The highest BCUT2D eigenvalue weighted by Crippen LogP contribution is 2.35. The van der Waals surface area contributed by atoms with Gasteiger partial charge in [-0.25, -0.2) is 4.57 Å². The van der Waals surface area contributed by atoms with E-state index < -0.39 is 7.82 Å². The number of likely N-dealkylation sites (tertiary alicyclic amines) is 1. The summed E-state index contributed by atoms with van der Waals surface area (Å²) in [6.45, 7) is 2.77. The summed E-state index contributed by atoms with van der Waals surface area (Å²) in [7, 11) is -4.26. The molecule has 0 amide bonds. The Kier molecular flexibility index (Phi) is 4.35. The van der Waals surface area contributed by atoms with Crippen molar-refractivity contribution in [3.05, 3.63) is 0 Å². The van der Waals surface area contributed by atoms with Crippen LogP contribution in [-0.2, 0) is 9.09 Å². The number of phosphoric acid groups is 1. The van der Waals surface area contributed by atoms with Crippen molar-refractivity contribution in [1.29, 1.82) is 0 Å². The monoisotopic (exact) mass is 209 g/mol. The third-order valence-electron chi connectivity index (χ3n) is 2.12. The van der Waals surface area contributed by atoms with Gasteiger partial charge >= 0.3 is 7.82 Å². The van der Waals surface area contributed by atoms with Crippen LogP contribution in [0.2, 0.25) is 0 Å². The zero-order chi connectivity index (χ0) is 9.73. The maximum Gasteiger partial charge on any atom is 0.469 e. The van der Waals surface area contributed by atoms with E-state index in [0.29, 0.717) is 6.54 Å². The normalized spacial score (nSPS) is 20.5. The number of hydrogen-bond acceptors (Lipinski definition) is 3. The highest BCUT2D eigenvalue weighted by atomic mass is 31.2. The van der Waals surface area contributed by atoms with Crippen LogP contribution in [0.5, 0.6) is 0 Å². The third-order valence-corrected chi connectivity index (χ3v) is 2.63. The zero-order valence-corrected chi connectivity index (χ0v) is 8.45. The van der Waals surface area contributed by atoms with Gasteiger partial charge in [0.1, 0.15) is 0 Å². The maximum absolute atomic E-state index is 10.3. The Labute approximate surface area is 77.9 Å². The van der Waals surface area contributed by atoms with Gasteiger partial charge in [-0.05, 0) is 25.9 Å². The third kappa shape index (κ3) is 5.39. The molecule has 78 valence electrons. The molecule has 0 spiro atoms. The van der Waals surface area contributed by atoms with Crippen molar-refractivity contribution in [3.63, 3.8) is 0 Å². The van der Waals surface area contributed by atoms with Crippen LogP contribution in [0.25, 0.3) is 0 Å². The van der Waals surface area contributed by atoms with Gasteiger partial charge in [0.2, 0.25) is 0 Å². The first-order valence-corrected chi connectivity index (χ1v) is 6.03. The molecule has 0 aromatic heterocycles. The molecule has 1 aliphatic rings. The summed E-state index contributed by atoms with van der Waals surface area (Å²) >= 11 is 0. The van der Waals surface area contributed by atoms with Gasteiger partial charge < -0.3 is 14.7 Å². The van der Waals surface area contributed by atoms with E-state index in [9.17, 15) is 4.57 Å². The molecule has 0 radical (unpaired) electrons. The first kappa shape index (κ1) is 11.1. The molecule has 1 aliphatic heterocycles. The molecular formula is C7H16NO4P. The molecule has 2 N–H and O–H groups in total. The van der Waals surface area contributed by atoms with Gasteiger partial charge in [-0.3, -0.25) is 4.52 Å². The largest absolute Gasteiger partial charge is 0.469 e. The van der Waals surface area contributed by atoms with Crippen molar-refractivity contribution in [2.24, 2.45) is 0 Å². The van der Waals surface area contributed by atoms with Gasteiger partial charge in [-0.2, -0.15) is 0 Å². The minimum Gasteiger partial charge on any atom is -0.303 e. The number of piperidine rings is 1. The Balaban J connectivity index is 2.08. The summed E-state index contributed by atoms with van der Waals surface area (Å²) in [5.74, 6) is 0. The van der Waals surface area contributed by atoms with E-state index in [1.54, 1.807) is 0 Å². The highest BCUT2D eigenvalue weighted by Gasteiger charge is 2.15. The summed E-state index contributed by atoms with van der Waals surface area (Å²) in [5, 5.41) is 0. The lowest BCUT2D eigenvalue weighted by Gasteiger charge is -2.25. The molecule has 1 fully saturated rings. The molecule has 0 saturated carbocycles. The van der Waals surface area contributed by atoms with Gasteiger partial charge in [0.15, 0.2) is 0 Å². The van der Waals surface area contributed by atoms with Crippen LogP contribution >= 0.6 is 7.82 Å². The molecule has 0 atom stereocenters. The van der Waals surface area contributed by atoms with Crippen molar-refractivity contribution >= 4 is 7.82 Å². The second-order valence-electron chi connectivity index (χ2n) is 3.23. The molecule has 0 bridgehead atoms. The van der Waals surface area contributed by atoms with Crippen molar-refractivity contribution in [2.75, 3.05) is 26.2 Å². The SMILES string of the molecule is O=P(O)(O)OCCN1CCCCC1. The maximum atomic E-state index is 10.3. The standard InChI is InChI=1S/C7H16NO4P/c9-13(10,11)12-7-6-8-4-2-1-3-5-8/h1-7H2,(H2,9,10,11). The Morgan fingerprint density at radius 2 is 1.85 bits per heavy atom. The molecule has 6 heteroatoms. The Bertz CT molecular complexity index is 187. The summed E-state index contributed by atoms with van der Waals surface area (Å²) in [5.41, 5.74) is 0. The van der Waals surface area contributed by atoms with Crippen LogP contribution in [0.3, 0.4) is 0 Å². The quantitative estimate of drug-likeness (QED) is 0.663.